The molecule has 1 amide bonds. The number of benzene rings is 1. The predicted molar refractivity (Wildman–Crippen MR) is 104 cm³/mol. The zero-order valence-electron chi connectivity index (χ0n) is 15.2. The fourth-order valence-corrected chi connectivity index (χ4v) is 7.16. The van der Waals surface area contributed by atoms with Gasteiger partial charge in [0.05, 0.1) is 27.4 Å². The minimum Gasteiger partial charge on any atom is -0.273 e. The normalized spacial score (nSPS) is 18.7. The molecule has 11 heteroatoms. The number of nitrogens with one attached hydrogen (secondary N) is 1. The second kappa shape index (κ2) is 6.28. The fourth-order valence-electron chi connectivity index (χ4n) is 2.89. The SMILES string of the molecule is Cc1csc(NS(=O)(=O)c2ccc(N3C(=O)C(C)(C)CS3(=O)=O)cc2C)n1. The van der Waals surface area contributed by atoms with Crippen molar-refractivity contribution in [1.29, 1.82) is 0 Å². The molecule has 2 aromatic rings. The molecule has 1 aliphatic heterocycles. The van der Waals surface area contributed by atoms with Crippen molar-refractivity contribution in [2.24, 2.45) is 5.41 Å². The van der Waals surface area contributed by atoms with Gasteiger partial charge in [-0.15, -0.1) is 11.3 Å². The number of aromatic nitrogens is 1. The summed E-state index contributed by atoms with van der Waals surface area (Å²) in [6.45, 7) is 6.43. The third-order valence-corrected chi connectivity index (χ3v) is 8.63. The third kappa shape index (κ3) is 3.58. The van der Waals surface area contributed by atoms with Crippen LogP contribution in [0.15, 0.2) is 28.5 Å². The van der Waals surface area contributed by atoms with Crippen molar-refractivity contribution in [2.75, 3.05) is 14.8 Å². The van der Waals surface area contributed by atoms with Crippen LogP contribution in [0.2, 0.25) is 0 Å². The average molecular weight is 430 g/mol. The van der Waals surface area contributed by atoms with Gasteiger partial charge in [0, 0.05) is 5.38 Å². The number of sulfonamides is 2. The van der Waals surface area contributed by atoms with Crippen LogP contribution in [0.5, 0.6) is 0 Å². The van der Waals surface area contributed by atoms with Crippen molar-refractivity contribution >= 4 is 48.1 Å². The standard InChI is InChI=1S/C16H19N3O5S3/c1-10-7-12(19-14(20)16(3,4)9-26(19,21)22)5-6-13(10)27(23,24)18-15-17-11(2)8-25-15/h5-8H,9H2,1-4H3,(H,17,18). The number of rotatable bonds is 4. The molecule has 0 unspecified atom stereocenters. The van der Waals surface area contributed by atoms with E-state index in [0.717, 1.165) is 4.31 Å². The highest BCUT2D eigenvalue weighted by molar-refractivity contribution is 7.94. The summed E-state index contributed by atoms with van der Waals surface area (Å²) in [6, 6.07) is 4.01. The molecule has 3 rings (SSSR count). The van der Waals surface area contributed by atoms with Crippen LogP contribution in [-0.2, 0) is 24.8 Å². The molecule has 1 aromatic heterocycles. The first-order valence-corrected chi connectivity index (χ1v) is 11.9. The molecule has 0 aliphatic carbocycles. The Morgan fingerprint density at radius 1 is 1.26 bits per heavy atom. The quantitative estimate of drug-likeness (QED) is 0.797. The van der Waals surface area contributed by atoms with E-state index in [0.29, 0.717) is 11.3 Å². The minimum atomic E-state index is -3.89. The lowest BCUT2D eigenvalue weighted by Crippen LogP contribution is -2.33. The Morgan fingerprint density at radius 3 is 2.41 bits per heavy atom. The van der Waals surface area contributed by atoms with E-state index in [2.05, 4.69) is 9.71 Å². The number of aryl methyl sites for hydroxylation is 2. The first-order chi connectivity index (χ1) is 12.3. The summed E-state index contributed by atoms with van der Waals surface area (Å²) in [6.07, 6.45) is 0. The Bertz CT molecular complexity index is 1130. The molecule has 146 valence electrons. The molecule has 27 heavy (non-hydrogen) atoms. The zero-order valence-corrected chi connectivity index (χ0v) is 17.6. The van der Waals surface area contributed by atoms with Gasteiger partial charge < -0.3 is 0 Å². The van der Waals surface area contributed by atoms with Gasteiger partial charge in [-0.3, -0.25) is 9.52 Å². The van der Waals surface area contributed by atoms with Crippen LogP contribution >= 0.6 is 11.3 Å². The van der Waals surface area contributed by atoms with Crippen molar-refractivity contribution in [3.63, 3.8) is 0 Å². The number of hydrogen-bond donors (Lipinski definition) is 1. The third-order valence-electron chi connectivity index (χ3n) is 4.11. The molecule has 1 aliphatic rings. The Morgan fingerprint density at radius 2 is 1.93 bits per heavy atom. The van der Waals surface area contributed by atoms with E-state index in [4.69, 9.17) is 0 Å². The number of thiazole rings is 1. The molecular formula is C16H19N3O5S3. The number of amides is 1. The summed E-state index contributed by atoms with van der Waals surface area (Å²) in [7, 11) is -7.69. The van der Waals surface area contributed by atoms with Gasteiger partial charge in [-0.1, -0.05) is 0 Å². The highest BCUT2D eigenvalue weighted by Gasteiger charge is 2.50. The number of hydrogen-bond acceptors (Lipinski definition) is 7. The maximum absolute atomic E-state index is 12.6. The number of anilines is 2. The maximum atomic E-state index is 12.6. The van der Waals surface area contributed by atoms with Crippen LogP contribution in [0.1, 0.15) is 25.1 Å². The second-order valence-corrected chi connectivity index (χ2v) is 11.4. The van der Waals surface area contributed by atoms with Crippen molar-refractivity contribution in [3.05, 3.63) is 34.8 Å². The molecule has 0 saturated carbocycles. The van der Waals surface area contributed by atoms with E-state index < -0.39 is 31.4 Å². The monoisotopic (exact) mass is 429 g/mol. The first kappa shape index (κ1) is 19.8. The highest BCUT2D eigenvalue weighted by atomic mass is 32.2. The molecule has 1 fully saturated rings. The van der Waals surface area contributed by atoms with E-state index >= 15 is 0 Å². The molecule has 0 radical (unpaired) electrons. The number of carbonyl (C=O) groups is 1. The summed E-state index contributed by atoms with van der Waals surface area (Å²) in [4.78, 5) is 16.5. The van der Waals surface area contributed by atoms with Crippen LogP contribution in [-0.4, -0.2) is 33.5 Å². The fraction of sp³-hybridized carbons (Fsp3) is 0.375. The smallest absolute Gasteiger partial charge is 0.263 e. The Labute approximate surface area is 162 Å². The molecule has 2 heterocycles. The lowest BCUT2D eigenvalue weighted by molar-refractivity contribution is -0.123. The average Bonchev–Trinajstić information content (AvgIpc) is 2.96. The Hall–Kier alpha value is -1.98. The molecule has 0 bridgehead atoms. The number of carbonyl (C=O) groups excluding carboxylic acids is 1. The van der Waals surface area contributed by atoms with E-state index in [9.17, 15) is 21.6 Å². The summed E-state index contributed by atoms with van der Waals surface area (Å²) in [5.41, 5.74) is 0.125. The van der Waals surface area contributed by atoms with Gasteiger partial charge in [-0.25, -0.2) is 26.1 Å². The topological polar surface area (TPSA) is 114 Å². The van der Waals surface area contributed by atoms with E-state index in [1.165, 1.54) is 29.5 Å². The zero-order chi connectivity index (χ0) is 20.2. The summed E-state index contributed by atoms with van der Waals surface area (Å²) in [5.74, 6) is -0.822. The van der Waals surface area contributed by atoms with Crippen LogP contribution in [0.25, 0.3) is 0 Å². The first-order valence-electron chi connectivity index (χ1n) is 7.96. The lowest BCUT2D eigenvalue weighted by atomic mass is 9.95. The van der Waals surface area contributed by atoms with Crippen molar-refractivity contribution < 1.29 is 21.6 Å². The van der Waals surface area contributed by atoms with Crippen molar-refractivity contribution in [1.82, 2.24) is 4.98 Å². The number of nitrogens with zero attached hydrogens (tertiary/aromatic N) is 2. The van der Waals surface area contributed by atoms with Gasteiger partial charge in [0.2, 0.25) is 15.9 Å². The van der Waals surface area contributed by atoms with Crippen LogP contribution in [0.4, 0.5) is 10.8 Å². The maximum Gasteiger partial charge on any atom is 0.263 e. The van der Waals surface area contributed by atoms with Gasteiger partial charge in [-0.2, -0.15) is 0 Å². The lowest BCUT2D eigenvalue weighted by Gasteiger charge is -2.19. The van der Waals surface area contributed by atoms with Gasteiger partial charge in [-0.05, 0) is 51.5 Å². The van der Waals surface area contributed by atoms with Crippen molar-refractivity contribution in [3.8, 4) is 0 Å². The van der Waals surface area contributed by atoms with E-state index in [1.54, 1.807) is 33.1 Å². The summed E-state index contributed by atoms with van der Waals surface area (Å²) >= 11 is 1.17. The van der Waals surface area contributed by atoms with E-state index in [-0.39, 0.29) is 21.5 Å². The van der Waals surface area contributed by atoms with Crippen LogP contribution in [0.3, 0.4) is 0 Å². The Kier molecular flexibility index (Phi) is 4.60. The van der Waals surface area contributed by atoms with Gasteiger partial charge >= 0.3 is 0 Å². The molecule has 0 atom stereocenters. The minimum absolute atomic E-state index is 0.0117. The molecule has 0 spiro atoms. The van der Waals surface area contributed by atoms with Gasteiger partial charge in [0.1, 0.15) is 0 Å². The molecule has 8 nitrogen and oxygen atoms in total. The molecule has 1 N–H and O–H groups in total. The van der Waals surface area contributed by atoms with Crippen molar-refractivity contribution in [2.45, 2.75) is 32.6 Å². The summed E-state index contributed by atoms with van der Waals surface area (Å²) < 4.78 is 53.2. The molecule has 1 aromatic carbocycles. The predicted octanol–water partition coefficient (Wildman–Crippen LogP) is 2.26. The van der Waals surface area contributed by atoms with Gasteiger partial charge in [0.15, 0.2) is 5.13 Å². The second-order valence-electron chi connectivity index (χ2n) is 7.06. The highest BCUT2D eigenvalue weighted by Crippen LogP contribution is 2.36. The Balaban J connectivity index is 1.98. The molecular weight excluding hydrogens is 410 g/mol. The van der Waals surface area contributed by atoms with Crippen LogP contribution < -0.4 is 9.03 Å². The van der Waals surface area contributed by atoms with Crippen LogP contribution in [0, 0.1) is 19.3 Å². The van der Waals surface area contributed by atoms with E-state index in [1.807, 2.05) is 0 Å². The van der Waals surface area contributed by atoms with Gasteiger partial charge in [0.25, 0.3) is 10.0 Å². The largest absolute Gasteiger partial charge is 0.273 e. The summed E-state index contributed by atoms with van der Waals surface area (Å²) in [5, 5.41) is 1.97. The molecule has 1 saturated heterocycles.